The van der Waals surface area contributed by atoms with Crippen molar-refractivity contribution in [1.82, 2.24) is 14.7 Å². The van der Waals surface area contributed by atoms with Crippen LogP contribution in [0.3, 0.4) is 0 Å². The molecule has 3 rings (SSSR count). The second kappa shape index (κ2) is 6.21. The van der Waals surface area contributed by atoms with Gasteiger partial charge in [0, 0.05) is 24.1 Å². The minimum atomic E-state index is -0.267. The summed E-state index contributed by atoms with van der Waals surface area (Å²) < 4.78 is 6.25. The first-order valence-corrected chi connectivity index (χ1v) is 7.28. The quantitative estimate of drug-likeness (QED) is 0.792. The van der Waals surface area contributed by atoms with E-state index in [1.54, 1.807) is 31.2 Å². The number of fused-ring (bicyclic) bond motifs is 1. The average Bonchev–Trinajstić information content (AvgIpc) is 2.92. The van der Waals surface area contributed by atoms with Crippen molar-refractivity contribution in [2.75, 3.05) is 5.32 Å². The first-order chi connectivity index (χ1) is 11.0. The zero-order chi connectivity index (χ0) is 16.4. The number of nitrogens with one attached hydrogen (secondary N) is 1. The number of halogens is 1. The van der Waals surface area contributed by atoms with E-state index in [-0.39, 0.29) is 24.4 Å². The maximum atomic E-state index is 12.4. The Morgan fingerprint density at radius 2 is 2.22 bits per heavy atom. The minimum Gasteiger partial charge on any atom is -0.360 e. The number of anilines is 1. The van der Waals surface area contributed by atoms with Crippen LogP contribution in [0.5, 0.6) is 0 Å². The Kier molecular flexibility index (Phi) is 4.12. The summed E-state index contributed by atoms with van der Waals surface area (Å²) >= 11 is 5.91. The van der Waals surface area contributed by atoms with Crippen LogP contribution >= 0.6 is 11.6 Å². The van der Waals surface area contributed by atoms with E-state index in [0.29, 0.717) is 27.5 Å². The molecule has 1 N–H and O–H groups in total. The highest BCUT2D eigenvalue weighted by Gasteiger charge is 2.09. The van der Waals surface area contributed by atoms with E-state index >= 15 is 0 Å². The van der Waals surface area contributed by atoms with Gasteiger partial charge in [0.25, 0.3) is 5.56 Å². The fourth-order valence-corrected chi connectivity index (χ4v) is 2.32. The SMILES string of the molecule is Cc1cc(NC(=O)CCn2cnc3ccc(Cl)cc3c2=O)no1. The Morgan fingerprint density at radius 1 is 1.39 bits per heavy atom. The molecule has 2 heterocycles. The van der Waals surface area contributed by atoms with Gasteiger partial charge in [-0.2, -0.15) is 0 Å². The minimum absolute atomic E-state index is 0.111. The van der Waals surface area contributed by atoms with Gasteiger partial charge in [-0.3, -0.25) is 14.2 Å². The molecule has 23 heavy (non-hydrogen) atoms. The molecule has 0 aliphatic heterocycles. The number of nitrogens with zero attached hydrogens (tertiary/aromatic N) is 3. The Hall–Kier alpha value is -2.67. The van der Waals surface area contributed by atoms with Gasteiger partial charge in [0.2, 0.25) is 5.91 Å². The van der Waals surface area contributed by atoms with Gasteiger partial charge in [0.1, 0.15) is 5.76 Å². The number of benzene rings is 1. The third-order valence-electron chi connectivity index (χ3n) is 3.26. The summed E-state index contributed by atoms with van der Waals surface area (Å²) in [6.45, 7) is 1.94. The smallest absolute Gasteiger partial charge is 0.261 e. The lowest BCUT2D eigenvalue weighted by atomic mass is 10.2. The van der Waals surface area contributed by atoms with Gasteiger partial charge in [-0.05, 0) is 25.1 Å². The number of amides is 1. The van der Waals surface area contributed by atoms with Gasteiger partial charge in [0.15, 0.2) is 5.82 Å². The molecule has 0 aliphatic carbocycles. The summed E-state index contributed by atoms with van der Waals surface area (Å²) in [6, 6.07) is 6.54. The molecule has 0 radical (unpaired) electrons. The molecular formula is C15H13ClN4O3. The van der Waals surface area contributed by atoms with Crippen molar-refractivity contribution < 1.29 is 9.32 Å². The van der Waals surface area contributed by atoms with Crippen molar-refractivity contribution in [3.8, 4) is 0 Å². The van der Waals surface area contributed by atoms with Crippen molar-refractivity contribution in [2.24, 2.45) is 0 Å². The number of hydrogen-bond donors (Lipinski definition) is 1. The third-order valence-corrected chi connectivity index (χ3v) is 3.50. The first kappa shape index (κ1) is 15.2. The van der Waals surface area contributed by atoms with E-state index in [9.17, 15) is 9.59 Å². The van der Waals surface area contributed by atoms with Crippen molar-refractivity contribution in [1.29, 1.82) is 0 Å². The zero-order valence-electron chi connectivity index (χ0n) is 12.2. The van der Waals surface area contributed by atoms with Crippen molar-refractivity contribution in [3.05, 3.63) is 51.7 Å². The summed E-state index contributed by atoms with van der Waals surface area (Å²) in [6.07, 6.45) is 1.53. The molecule has 0 spiro atoms. The molecule has 8 heteroatoms. The van der Waals surface area contributed by atoms with Crippen molar-refractivity contribution >= 4 is 34.2 Å². The number of rotatable bonds is 4. The molecular weight excluding hydrogens is 320 g/mol. The topological polar surface area (TPSA) is 90.0 Å². The van der Waals surface area contributed by atoms with E-state index in [2.05, 4.69) is 15.5 Å². The Balaban J connectivity index is 1.73. The molecule has 0 fully saturated rings. The molecule has 0 bridgehead atoms. The van der Waals surface area contributed by atoms with Crippen LogP contribution in [0.15, 0.2) is 39.9 Å². The van der Waals surface area contributed by atoms with E-state index in [0.717, 1.165) is 0 Å². The molecule has 0 saturated heterocycles. The molecule has 3 aromatic rings. The molecule has 1 amide bonds. The van der Waals surface area contributed by atoms with Crippen LogP contribution in [-0.4, -0.2) is 20.6 Å². The lowest BCUT2D eigenvalue weighted by Gasteiger charge is -2.06. The third kappa shape index (κ3) is 3.40. The van der Waals surface area contributed by atoms with E-state index in [1.165, 1.54) is 10.9 Å². The van der Waals surface area contributed by atoms with Gasteiger partial charge in [-0.1, -0.05) is 16.8 Å². The first-order valence-electron chi connectivity index (χ1n) is 6.91. The molecule has 2 aromatic heterocycles. The molecule has 7 nitrogen and oxygen atoms in total. The number of aromatic nitrogens is 3. The second-order valence-electron chi connectivity index (χ2n) is 5.03. The maximum absolute atomic E-state index is 12.4. The highest BCUT2D eigenvalue weighted by molar-refractivity contribution is 6.31. The zero-order valence-corrected chi connectivity index (χ0v) is 13.0. The normalized spacial score (nSPS) is 10.9. The van der Waals surface area contributed by atoms with Crippen LogP contribution in [0.4, 0.5) is 5.82 Å². The van der Waals surface area contributed by atoms with Crippen LogP contribution in [0.25, 0.3) is 10.9 Å². The summed E-state index contributed by atoms with van der Waals surface area (Å²) in [5.74, 6) is 0.687. The van der Waals surface area contributed by atoms with Gasteiger partial charge < -0.3 is 9.84 Å². The molecule has 1 aromatic carbocycles. The summed E-state index contributed by atoms with van der Waals surface area (Å²) in [7, 11) is 0. The molecule has 0 saturated carbocycles. The fraction of sp³-hybridized carbons (Fsp3) is 0.200. The lowest BCUT2D eigenvalue weighted by Crippen LogP contribution is -2.23. The molecule has 0 unspecified atom stereocenters. The monoisotopic (exact) mass is 332 g/mol. The lowest BCUT2D eigenvalue weighted by molar-refractivity contribution is -0.116. The Bertz CT molecular complexity index is 932. The average molecular weight is 333 g/mol. The van der Waals surface area contributed by atoms with Crippen LogP contribution in [-0.2, 0) is 11.3 Å². The largest absolute Gasteiger partial charge is 0.360 e. The molecule has 118 valence electrons. The summed E-state index contributed by atoms with van der Waals surface area (Å²) in [5, 5.41) is 7.16. The highest BCUT2D eigenvalue weighted by Crippen LogP contribution is 2.14. The van der Waals surface area contributed by atoms with Gasteiger partial charge in [-0.25, -0.2) is 4.98 Å². The summed E-state index contributed by atoms with van der Waals surface area (Å²) in [5.41, 5.74) is 0.334. The van der Waals surface area contributed by atoms with Crippen molar-refractivity contribution in [3.63, 3.8) is 0 Å². The maximum Gasteiger partial charge on any atom is 0.261 e. The van der Waals surface area contributed by atoms with Gasteiger partial charge >= 0.3 is 0 Å². The van der Waals surface area contributed by atoms with Crippen LogP contribution in [0, 0.1) is 6.92 Å². The second-order valence-corrected chi connectivity index (χ2v) is 5.46. The number of aryl methyl sites for hydroxylation is 2. The summed E-state index contributed by atoms with van der Waals surface area (Å²) in [4.78, 5) is 28.4. The van der Waals surface area contributed by atoms with Gasteiger partial charge in [-0.15, -0.1) is 0 Å². The standard InChI is InChI=1S/C15H13ClN4O3/c1-9-6-13(19-23-9)18-14(21)4-5-20-8-17-12-3-2-10(16)7-11(12)15(20)22/h2-3,6-8H,4-5H2,1H3,(H,18,19,21). The van der Waals surface area contributed by atoms with E-state index in [1.807, 2.05) is 0 Å². The van der Waals surface area contributed by atoms with E-state index in [4.69, 9.17) is 16.1 Å². The fourth-order valence-electron chi connectivity index (χ4n) is 2.14. The van der Waals surface area contributed by atoms with Crippen LogP contribution < -0.4 is 10.9 Å². The predicted molar refractivity (Wildman–Crippen MR) is 85.5 cm³/mol. The molecule has 0 atom stereocenters. The number of carbonyl (C=O) groups is 1. The number of hydrogen-bond acceptors (Lipinski definition) is 5. The predicted octanol–water partition coefficient (Wildman–Crippen LogP) is 2.38. The Morgan fingerprint density at radius 3 is 2.96 bits per heavy atom. The van der Waals surface area contributed by atoms with Crippen molar-refractivity contribution in [2.45, 2.75) is 19.9 Å². The molecule has 0 aliphatic rings. The Labute approximate surface area is 135 Å². The highest BCUT2D eigenvalue weighted by atomic mass is 35.5. The van der Waals surface area contributed by atoms with E-state index < -0.39 is 0 Å². The number of carbonyl (C=O) groups excluding carboxylic acids is 1. The van der Waals surface area contributed by atoms with Crippen LogP contribution in [0.2, 0.25) is 5.02 Å². The van der Waals surface area contributed by atoms with Gasteiger partial charge in [0.05, 0.1) is 17.2 Å². The van der Waals surface area contributed by atoms with Crippen LogP contribution in [0.1, 0.15) is 12.2 Å².